The van der Waals surface area contributed by atoms with E-state index in [-0.39, 0.29) is 23.2 Å². The van der Waals surface area contributed by atoms with E-state index < -0.39 is 6.04 Å². The fourth-order valence-corrected chi connectivity index (χ4v) is 2.66. The van der Waals surface area contributed by atoms with Gasteiger partial charge in [-0.2, -0.15) is 0 Å². The van der Waals surface area contributed by atoms with Crippen LogP contribution < -0.4 is 10.6 Å². The smallest absolute Gasteiger partial charge is 0.328 e. The number of ether oxygens (including phenoxy) is 1. The minimum Gasteiger partial charge on any atom is -0.467 e. The largest absolute Gasteiger partial charge is 0.467 e. The number of hydrogen-bond acceptors (Lipinski definition) is 4. The van der Waals surface area contributed by atoms with Crippen LogP contribution in [-0.2, 0) is 14.3 Å². The van der Waals surface area contributed by atoms with Crippen molar-refractivity contribution in [1.82, 2.24) is 10.6 Å². The van der Waals surface area contributed by atoms with Gasteiger partial charge in [-0.1, -0.05) is 27.2 Å². The summed E-state index contributed by atoms with van der Waals surface area (Å²) in [6, 6.07) is -0.563. The number of rotatable bonds is 6. The molecule has 1 aliphatic rings. The first kappa shape index (κ1) is 16.0. The highest BCUT2D eigenvalue weighted by atomic mass is 16.5. The van der Waals surface area contributed by atoms with Crippen LogP contribution in [0.5, 0.6) is 0 Å². The van der Waals surface area contributed by atoms with Crippen LogP contribution in [0.25, 0.3) is 0 Å². The van der Waals surface area contributed by atoms with E-state index in [2.05, 4.69) is 17.6 Å². The molecular formula is C14H26N2O3. The van der Waals surface area contributed by atoms with Crippen molar-refractivity contribution in [2.45, 2.75) is 46.1 Å². The lowest BCUT2D eigenvalue weighted by Crippen LogP contribution is -2.51. The van der Waals surface area contributed by atoms with E-state index in [1.807, 2.05) is 13.8 Å². The third kappa shape index (κ3) is 3.69. The molecule has 0 radical (unpaired) electrons. The van der Waals surface area contributed by atoms with Gasteiger partial charge in [-0.05, 0) is 25.3 Å². The molecule has 0 saturated carbocycles. The first-order valence-corrected chi connectivity index (χ1v) is 7.06. The SMILES string of the molecule is CCCC1(C(=O)NC(C(=O)OC)C(C)C)CCNC1. The van der Waals surface area contributed by atoms with Crippen molar-refractivity contribution in [2.24, 2.45) is 11.3 Å². The van der Waals surface area contributed by atoms with E-state index >= 15 is 0 Å². The molecule has 1 saturated heterocycles. The Morgan fingerprint density at radius 3 is 2.53 bits per heavy atom. The zero-order chi connectivity index (χ0) is 14.5. The van der Waals surface area contributed by atoms with Crippen molar-refractivity contribution >= 4 is 11.9 Å². The van der Waals surface area contributed by atoms with Gasteiger partial charge in [0.25, 0.3) is 0 Å². The van der Waals surface area contributed by atoms with Gasteiger partial charge in [0.15, 0.2) is 0 Å². The first-order chi connectivity index (χ1) is 8.96. The molecule has 2 atom stereocenters. The predicted octanol–water partition coefficient (Wildman–Crippen LogP) is 1.08. The minimum atomic E-state index is -0.563. The summed E-state index contributed by atoms with van der Waals surface area (Å²) < 4.78 is 4.76. The Kier molecular flexibility index (Phi) is 5.79. The number of nitrogens with one attached hydrogen (secondary N) is 2. The summed E-state index contributed by atoms with van der Waals surface area (Å²) >= 11 is 0. The molecule has 110 valence electrons. The first-order valence-electron chi connectivity index (χ1n) is 7.06. The van der Waals surface area contributed by atoms with Crippen LogP contribution in [0.15, 0.2) is 0 Å². The number of amides is 1. The van der Waals surface area contributed by atoms with E-state index in [4.69, 9.17) is 4.74 Å². The summed E-state index contributed by atoms with van der Waals surface area (Å²) in [6.07, 6.45) is 2.64. The van der Waals surface area contributed by atoms with E-state index in [1.54, 1.807) is 0 Å². The maximum Gasteiger partial charge on any atom is 0.328 e. The van der Waals surface area contributed by atoms with Crippen LogP contribution in [0.2, 0.25) is 0 Å². The lowest BCUT2D eigenvalue weighted by molar-refractivity contribution is -0.148. The van der Waals surface area contributed by atoms with Gasteiger partial charge in [0.1, 0.15) is 6.04 Å². The third-order valence-corrected chi connectivity index (χ3v) is 3.86. The summed E-state index contributed by atoms with van der Waals surface area (Å²) in [5.41, 5.74) is -0.365. The summed E-state index contributed by atoms with van der Waals surface area (Å²) in [5, 5.41) is 6.13. The fraction of sp³-hybridized carbons (Fsp3) is 0.857. The molecule has 5 heteroatoms. The van der Waals surface area contributed by atoms with Crippen LogP contribution in [0, 0.1) is 11.3 Å². The maximum atomic E-state index is 12.5. The molecule has 1 amide bonds. The van der Waals surface area contributed by atoms with Gasteiger partial charge in [0.05, 0.1) is 12.5 Å². The van der Waals surface area contributed by atoms with Crippen molar-refractivity contribution in [3.63, 3.8) is 0 Å². The van der Waals surface area contributed by atoms with E-state index in [9.17, 15) is 9.59 Å². The van der Waals surface area contributed by atoms with E-state index in [0.29, 0.717) is 6.54 Å². The highest BCUT2D eigenvalue weighted by Gasteiger charge is 2.42. The quantitative estimate of drug-likeness (QED) is 0.709. The lowest BCUT2D eigenvalue weighted by atomic mass is 9.81. The van der Waals surface area contributed by atoms with Crippen LogP contribution >= 0.6 is 0 Å². The monoisotopic (exact) mass is 270 g/mol. The molecule has 5 nitrogen and oxygen atoms in total. The van der Waals surface area contributed by atoms with Crippen molar-refractivity contribution in [3.8, 4) is 0 Å². The van der Waals surface area contributed by atoms with Gasteiger partial charge in [0, 0.05) is 6.54 Å². The number of methoxy groups -OCH3 is 1. The summed E-state index contributed by atoms with van der Waals surface area (Å²) in [5.74, 6) is -0.381. The van der Waals surface area contributed by atoms with Crippen LogP contribution in [0.1, 0.15) is 40.0 Å². The molecule has 1 aliphatic heterocycles. The molecule has 2 N–H and O–H groups in total. The van der Waals surface area contributed by atoms with Crippen LogP contribution in [0.3, 0.4) is 0 Å². The molecule has 0 aromatic rings. The molecule has 2 unspecified atom stereocenters. The van der Waals surface area contributed by atoms with Gasteiger partial charge < -0.3 is 15.4 Å². The second-order valence-electron chi connectivity index (χ2n) is 5.68. The molecule has 1 rings (SSSR count). The number of carbonyl (C=O) groups excluding carboxylic acids is 2. The number of esters is 1. The topological polar surface area (TPSA) is 67.4 Å². The van der Waals surface area contributed by atoms with Crippen LogP contribution in [-0.4, -0.2) is 38.1 Å². The highest BCUT2D eigenvalue weighted by molar-refractivity contribution is 5.88. The van der Waals surface area contributed by atoms with Crippen molar-refractivity contribution in [1.29, 1.82) is 0 Å². The minimum absolute atomic E-state index is 0.0180. The molecule has 0 bridgehead atoms. The summed E-state index contributed by atoms with van der Waals surface area (Å²) in [7, 11) is 1.35. The molecule has 0 aromatic heterocycles. The molecule has 0 spiro atoms. The fourth-order valence-electron chi connectivity index (χ4n) is 2.66. The number of carbonyl (C=O) groups is 2. The standard InChI is InChI=1S/C14H26N2O3/c1-5-6-14(7-8-15-9-14)13(18)16-11(10(2)3)12(17)19-4/h10-11,15H,5-9H2,1-4H3,(H,16,18). The second kappa shape index (κ2) is 6.89. The van der Waals surface area contributed by atoms with Gasteiger partial charge in [-0.25, -0.2) is 4.79 Å². The van der Waals surface area contributed by atoms with Crippen molar-refractivity contribution in [2.75, 3.05) is 20.2 Å². The normalized spacial score (nSPS) is 24.3. The van der Waals surface area contributed by atoms with Gasteiger partial charge >= 0.3 is 5.97 Å². The molecule has 19 heavy (non-hydrogen) atoms. The molecular weight excluding hydrogens is 244 g/mol. The Balaban J connectivity index is 2.77. The Morgan fingerprint density at radius 1 is 1.42 bits per heavy atom. The van der Waals surface area contributed by atoms with Gasteiger partial charge in [-0.15, -0.1) is 0 Å². The Bertz CT molecular complexity index is 323. The van der Waals surface area contributed by atoms with Gasteiger partial charge in [-0.3, -0.25) is 4.79 Å². The van der Waals surface area contributed by atoms with Gasteiger partial charge in [0.2, 0.25) is 5.91 Å². The Labute approximate surface area is 115 Å². The average Bonchev–Trinajstić information content (AvgIpc) is 2.84. The Morgan fingerprint density at radius 2 is 2.11 bits per heavy atom. The zero-order valence-corrected chi connectivity index (χ0v) is 12.4. The zero-order valence-electron chi connectivity index (χ0n) is 12.4. The second-order valence-corrected chi connectivity index (χ2v) is 5.68. The molecule has 0 aromatic carbocycles. The average molecular weight is 270 g/mol. The van der Waals surface area contributed by atoms with Crippen molar-refractivity contribution < 1.29 is 14.3 Å². The molecule has 1 heterocycles. The molecule has 1 fully saturated rings. The Hall–Kier alpha value is -1.10. The van der Waals surface area contributed by atoms with E-state index in [1.165, 1.54) is 7.11 Å². The van der Waals surface area contributed by atoms with Crippen LogP contribution in [0.4, 0.5) is 0 Å². The lowest BCUT2D eigenvalue weighted by Gasteiger charge is -2.30. The summed E-state index contributed by atoms with van der Waals surface area (Å²) in [6.45, 7) is 7.44. The molecule has 0 aliphatic carbocycles. The summed E-state index contributed by atoms with van der Waals surface area (Å²) in [4.78, 5) is 24.2. The van der Waals surface area contributed by atoms with Crippen molar-refractivity contribution in [3.05, 3.63) is 0 Å². The third-order valence-electron chi connectivity index (χ3n) is 3.86. The highest BCUT2D eigenvalue weighted by Crippen LogP contribution is 2.31. The van der Waals surface area contributed by atoms with E-state index in [0.717, 1.165) is 25.8 Å². The predicted molar refractivity (Wildman–Crippen MR) is 73.6 cm³/mol. The maximum absolute atomic E-state index is 12.5. The number of hydrogen-bond donors (Lipinski definition) is 2.